The summed E-state index contributed by atoms with van der Waals surface area (Å²) >= 11 is 3.08. The maximum atomic E-state index is 12.2. The Kier molecular flexibility index (Phi) is 5.14. The standard InChI is InChI=1S/C14H17N3OS2/c1-4-7-19-14-17-16-13(20-14)15-12(18)11-6-5-9(2)8-10(11)3/h5-6,8H,4,7H2,1-3H3,(H,15,16,18). The molecule has 1 aromatic heterocycles. The van der Waals surface area contributed by atoms with Crippen LogP contribution in [0.4, 0.5) is 5.13 Å². The monoisotopic (exact) mass is 307 g/mol. The zero-order chi connectivity index (χ0) is 14.5. The van der Waals surface area contributed by atoms with E-state index in [9.17, 15) is 4.79 Å². The molecule has 2 rings (SSSR count). The Hall–Kier alpha value is -1.40. The first-order valence-electron chi connectivity index (χ1n) is 6.45. The number of carbonyl (C=O) groups excluding carboxylic acids is 1. The SMILES string of the molecule is CCCSc1nnc(NC(=O)c2ccc(C)cc2C)s1. The fourth-order valence-corrected chi connectivity index (χ4v) is 3.41. The van der Waals surface area contributed by atoms with Gasteiger partial charge in [0.25, 0.3) is 5.91 Å². The molecule has 0 aliphatic heterocycles. The molecule has 2 aromatic rings. The first-order valence-corrected chi connectivity index (χ1v) is 8.25. The van der Waals surface area contributed by atoms with Crippen molar-refractivity contribution in [2.24, 2.45) is 0 Å². The molecular formula is C14H17N3OS2. The minimum absolute atomic E-state index is 0.134. The number of aryl methyl sites for hydroxylation is 2. The number of thioether (sulfide) groups is 1. The molecule has 0 fully saturated rings. The van der Waals surface area contributed by atoms with Crippen LogP contribution in [0.3, 0.4) is 0 Å². The second-order valence-corrected chi connectivity index (χ2v) is 6.81. The van der Waals surface area contributed by atoms with Gasteiger partial charge in [0, 0.05) is 11.3 Å². The predicted octanol–water partition coefficient (Wildman–Crippen LogP) is 3.91. The Balaban J connectivity index is 2.05. The number of nitrogens with zero attached hydrogens (tertiary/aromatic N) is 2. The maximum Gasteiger partial charge on any atom is 0.257 e. The first kappa shape index (κ1) is 15.0. The van der Waals surface area contributed by atoms with Gasteiger partial charge < -0.3 is 0 Å². The lowest BCUT2D eigenvalue weighted by Gasteiger charge is -2.05. The molecule has 1 aromatic carbocycles. The molecule has 20 heavy (non-hydrogen) atoms. The Morgan fingerprint density at radius 2 is 2.15 bits per heavy atom. The van der Waals surface area contributed by atoms with Crippen LogP contribution < -0.4 is 5.32 Å². The van der Waals surface area contributed by atoms with Crippen molar-refractivity contribution in [3.63, 3.8) is 0 Å². The fraction of sp³-hybridized carbons (Fsp3) is 0.357. The minimum atomic E-state index is -0.134. The lowest BCUT2D eigenvalue weighted by atomic mass is 10.1. The summed E-state index contributed by atoms with van der Waals surface area (Å²) in [6.45, 7) is 6.07. The Morgan fingerprint density at radius 1 is 1.35 bits per heavy atom. The van der Waals surface area contributed by atoms with E-state index in [0.717, 1.165) is 27.6 Å². The third-order valence-electron chi connectivity index (χ3n) is 2.68. The maximum absolute atomic E-state index is 12.2. The second kappa shape index (κ2) is 6.85. The zero-order valence-corrected chi connectivity index (χ0v) is 13.4. The van der Waals surface area contributed by atoms with Gasteiger partial charge in [0.15, 0.2) is 4.34 Å². The number of anilines is 1. The summed E-state index contributed by atoms with van der Waals surface area (Å²) in [4.78, 5) is 12.2. The number of aromatic nitrogens is 2. The highest BCUT2D eigenvalue weighted by Crippen LogP contribution is 2.26. The Bertz CT molecular complexity index is 610. The third-order valence-corrected chi connectivity index (χ3v) is 4.86. The van der Waals surface area contributed by atoms with Gasteiger partial charge in [0.2, 0.25) is 5.13 Å². The average Bonchev–Trinajstić information content (AvgIpc) is 2.83. The topological polar surface area (TPSA) is 54.9 Å². The second-order valence-electron chi connectivity index (χ2n) is 4.49. The quantitative estimate of drug-likeness (QED) is 0.672. The van der Waals surface area contributed by atoms with Crippen molar-refractivity contribution in [3.8, 4) is 0 Å². The molecule has 106 valence electrons. The smallest absolute Gasteiger partial charge is 0.257 e. The molecular weight excluding hydrogens is 290 g/mol. The van der Waals surface area contributed by atoms with Crippen LogP contribution in [0.5, 0.6) is 0 Å². The van der Waals surface area contributed by atoms with Gasteiger partial charge in [-0.2, -0.15) is 0 Å². The Morgan fingerprint density at radius 3 is 2.85 bits per heavy atom. The lowest BCUT2D eigenvalue weighted by molar-refractivity contribution is 0.102. The summed E-state index contributed by atoms with van der Waals surface area (Å²) < 4.78 is 0.891. The van der Waals surface area contributed by atoms with Crippen LogP contribution in [-0.4, -0.2) is 21.9 Å². The van der Waals surface area contributed by atoms with Gasteiger partial charge in [0.05, 0.1) is 0 Å². The molecule has 1 amide bonds. The summed E-state index contributed by atoms with van der Waals surface area (Å²) in [5.74, 6) is 0.880. The molecule has 4 nitrogen and oxygen atoms in total. The van der Waals surface area contributed by atoms with Crippen molar-refractivity contribution in [1.82, 2.24) is 10.2 Å². The van der Waals surface area contributed by atoms with E-state index in [0.29, 0.717) is 10.7 Å². The number of amides is 1. The molecule has 0 radical (unpaired) electrons. The molecule has 0 saturated heterocycles. The van der Waals surface area contributed by atoms with Crippen LogP contribution in [0, 0.1) is 13.8 Å². The molecule has 0 spiro atoms. The number of rotatable bonds is 5. The van der Waals surface area contributed by atoms with Gasteiger partial charge in [-0.1, -0.05) is 47.7 Å². The van der Waals surface area contributed by atoms with Crippen molar-refractivity contribution in [3.05, 3.63) is 34.9 Å². The molecule has 6 heteroatoms. The zero-order valence-electron chi connectivity index (χ0n) is 11.8. The van der Waals surface area contributed by atoms with Gasteiger partial charge in [0.1, 0.15) is 0 Å². The van der Waals surface area contributed by atoms with Gasteiger partial charge >= 0.3 is 0 Å². The third kappa shape index (κ3) is 3.80. The summed E-state index contributed by atoms with van der Waals surface area (Å²) in [7, 11) is 0. The summed E-state index contributed by atoms with van der Waals surface area (Å²) in [6.07, 6.45) is 1.09. The van der Waals surface area contributed by atoms with Gasteiger partial charge in [-0.3, -0.25) is 10.1 Å². The van der Waals surface area contributed by atoms with Crippen molar-refractivity contribution < 1.29 is 4.79 Å². The number of nitrogens with one attached hydrogen (secondary N) is 1. The lowest BCUT2D eigenvalue weighted by Crippen LogP contribution is -2.13. The van der Waals surface area contributed by atoms with E-state index in [-0.39, 0.29) is 5.91 Å². The van der Waals surface area contributed by atoms with E-state index in [4.69, 9.17) is 0 Å². The average molecular weight is 307 g/mol. The highest BCUT2D eigenvalue weighted by molar-refractivity contribution is 8.01. The van der Waals surface area contributed by atoms with E-state index < -0.39 is 0 Å². The van der Waals surface area contributed by atoms with E-state index in [1.54, 1.807) is 11.8 Å². The van der Waals surface area contributed by atoms with Crippen molar-refractivity contribution in [2.75, 3.05) is 11.1 Å². The minimum Gasteiger partial charge on any atom is -0.296 e. The summed E-state index contributed by atoms with van der Waals surface area (Å²) in [5.41, 5.74) is 2.79. The van der Waals surface area contributed by atoms with Gasteiger partial charge in [-0.15, -0.1) is 10.2 Å². The van der Waals surface area contributed by atoms with Crippen molar-refractivity contribution >= 4 is 34.1 Å². The van der Waals surface area contributed by atoms with E-state index in [1.165, 1.54) is 11.3 Å². The van der Waals surface area contributed by atoms with Crippen molar-refractivity contribution in [1.29, 1.82) is 0 Å². The molecule has 1 N–H and O–H groups in total. The van der Waals surface area contributed by atoms with Crippen LogP contribution in [0.25, 0.3) is 0 Å². The van der Waals surface area contributed by atoms with E-state index >= 15 is 0 Å². The van der Waals surface area contributed by atoms with Crippen molar-refractivity contribution in [2.45, 2.75) is 31.5 Å². The van der Waals surface area contributed by atoms with Crippen LogP contribution in [0.1, 0.15) is 34.8 Å². The first-order chi connectivity index (χ1) is 9.60. The molecule has 0 aliphatic carbocycles. The molecule has 0 atom stereocenters. The van der Waals surface area contributed by atoms with Crippen LogP contribution in [0.15, 0.2) is 22.5 Å². The number of hydrogen-bond donors (Lipinski definition) is 1. The summed E-state index contributed by atoms with van der Waals surface area (Å²) in [6, 6.07) is 5.77. The summed E-state index contributed by atoms with van der Waals surface area (Å²) in [5, 5.41) is 11.4. The number of hydrogen-bond acceptors (Lipinski definition) is 5. The Labute approximate surface area is 127 Å². The van der Waals surface area contributed by atoms with Crippen LogP contribution in [-0.2, 0) is 0 Å². The molecule has 0 bridgehead atoms. The largest absolute Gasteiger partial charge is 0.296 e. The predicted molar refractivity (Wildman–Crippen MR) is 84.8 cm³/mol. The fourth-order valence-electron chi connectivity index (χ4n) is 1.74. The van der Waals surface area contributed by atoms with Crippen LogP contribution in [0.2, 0.25) is 0 Å². The van der Waals surface area contributed by atoms with E-state index in [2.05, 4.69) is 22.4 Å². The molecule has 0 unspecified atom stereocenters. The molecule has 1 heterocycles. The number of benzene rings is 1. The van der Waals surface area contributed by atoms with Crippen LogP contribution >= 0.6 is 23.1 Å². The molecule has 0 aliphatic rings. The highest BCUT2D eigenvalue weighted by Gasteiger charge is 2.12. The van der Waals surface area contributed by atoms with Gasteiger partial charge in [-0.05, 0) is 31.9 Å². The number of carbonyl (C=O) groups is 1. The van der Waals surface area contributed by atoms with E-state index in [1.807, 2.05) is 32.0 Å². The normalized spacial score (nSPS) is 10.6. The molecule has 0 saturated carbocycles. The highest BCUT2D eigenvalue weighted by atomic mass is 32.2. The van der Waals surface area contributed by atoms with Gasteiger partial charge in [-0.25, -0.2) is 0 Å².